The van der Waals surface area contributed by atoms with Crippen molar-refractivity contribution in [3.63, 3.8) is 0 Å². The summed E-state index contributed by atoms with van der Waals surface area (Å²) in [6.45, 7) is 0.175. The van der Waals surface area contributed by atoms with Crippen molar-refractivity contribution in [2.24, 2.45) is 10.1 Å². The van der Waals surface area contributed by atoms with E-state index in [2.05, 4.69) is 31.8 Å². The lowest BCUT2D eigenvalue weighted by atomic mass is 9.96. The van der Waals surface area contributed by atoms with Gasteiger partial charge in [-0.2, -0.15) is 18.4 Å². The zero-order valence-electron chi connectivity index (χ0n) is 22.3. The first-order valence-corrected chi connectivity index (χ1v) is 13.2. The fraction of sp³-hybridized carbons (Fsp3) is 0.200. The monoisotopic (exact) mass is 585 g/mol. The van der Waals surface area contributed by atoms with Crippen molar-refractivity contribution in [1.82, 2.24) is 15.3 Å². The van der Waals surface area contributed by atoms with Crippen LogP contribution in [0.25, 0.3) is 0 Å². The highest BCUT2D eigenvalue weighted by atomic mass is 19.4. The van der Waals surface area contributed by atoms with Crippen LogP contribution in [0, 0.1) is 11.3 Å². The number of rotatable bonds is 6. The molecule has 0 saturated heterocycles. The Morgan fingerprint density at radius 2 is 1.84 bits per heavy atom. The van der Waals surface area contributed by atoms with Crippen LogP contribution < -0.4 is 15.4 Å². The van der Waals surface area contributed by atoms with Crippen LogP contribution in [-0.2, 0) is 11.6 Å². The largest absolute Gasteiger partial charge is 0.438 e. The highest BCUT2D eigenvalue weighted by Gasteiger charge is 2.45. The average Bonchev–Trinajstić information content (AvgIpc) is 3.70. The summed E-state index contributed by atoms with van der Waals surface area (Å²) in [5.74, 6) is 0.176. The third-order valence-corrected chi connectivity index (χ3v) is 7.06. The molecule has 3 aromatic rings. The minimum atomic E-state index is -4.60. The molecule has 43 heavy (non-hydrogen) atoms. The van der Waals surface area contributed by atoms with Crippen LogP contribution >= 0.6 is 0 Å². The number of hydrogen-bond donors (Lipinski definition) is 2. The summed E-state index contributed by atoms with van der Waals surface area (Å²) in [6.07, 6.45) is 0.389. The number of nitrogens with zero attached hydrogens (tertiary/aromatic N) is 5. The fourth-order valence-electron chi connectivity index (χ4n) is 4.62. The van der Waals surface area contributed by atoms with E-state index in [1.165, 1.54) is 5.01 Å². The molecule has 3 heterocycles. The lowest BCUT2D eigenvalue weighted by molar-refractivity contribution is -0.141. The zero-order valence-corrected chi connectivity index (χ0v) is 22.3. The van der Waals surface area contributed by atoms with Gasteiger partial charge < -0.3 is 15.4 Å². The summed E-state index contributed by atoms with van der Waals surface area (Å²) in [5, 5.41) is 20.9. The van der Waals surface area contributed by atoms with E-state index in [-0.39, 0.29) is 23.9 Å². The van der Waals surface area contributed by atoms with Gasteiger partial charge in [-0.3, -0.25) is 14.6 Å². The number of aromatic nitrogens is 1. The van der Waals surface area contributed by atoms with Crippen molar-refractivity contribution in [2.75, 3.05) is 11.9 Å². The lowest BCUT2D eigenvalue weighted by Crippen LogP contribution is -2.37. The molecule has 3 aliphatic rings. The number of anilines is 1. The van der Waals surface area contributed by atoms with Crippen LogP contribution in [0.2, 0.25) is 0 Å². The number of hydrogen-bond acceptors (Lipinski definition) is 8. The first kappa shape index (κ1) is 27.6. The second-order valence-corrected chi connectivity index (χ2v) is 10.1. The summed E-state index contributed by atoms with van der Waals surface area (Å²) in [5.41, 5.74) is 0.170. The average molecular weight is 586 g/mol. The van der Waals surface area contributed by atoms with Crippen LogP contribution in [0.1, 0.15) is 44.8 Å². The molecule has 0 radical (unpaired) electrons. The number of ether oxygens (including phenoxy) is 1. The standard InChI is InChI=1S/C30H22F3N7O3/c31-30(32,33)23-8-7-19(15-35-23)28(42)38-24-16-40-25(37-24)9-10-26(39-40)43-22-6-2-5-21(14-22)36-27(41)18-3-1-4-20(13-18)29(17-34)11-12-29/h1-10,13-15,24H,11-12,16H2,(H,36,41)(H,38,42). The van der Waals surface area contributed by atoms with Crippen molar-refractivity contribution in [3.8, 4) is 11.8 Å². The van der Waals surface area contributed by atoms with Gasteiger partial charge in [0.25, 0.3) is 11.8 Å². The Kier molecular flexibility index (Phi) is 6.89. The fourth-order valence-corrected chi connectivity index (χ4v) is 4.62. The molecule has 0 spiro atoms. The number of nitriles is 1. The van der Waals surface area contributed by atoms with Crippen molar-refractivity contribution in [3.05, 3.63) is 101 Å². The molecule has 2 aromatic carbocycles. The van der Waals surface area contributed by atoms with Crippen LogP contribution in [0.4, 0.5) is 18.9 Å². The van der Waals surface area contributed by atoms with E-state index < -0.39 is 29.4 Å². The van der Waals surface area contributed by atoms with Crippen molar-refractivity contribution >= 4 is 29.2 Å². The number of hydrazone groups is 1. The SMILES string of the molecule is N#CC1(c2cccc(C(=O)Nc3cccc(OC4=NN5CC(NC(=O)c6ccc(C(F)(F)F)nc6)N=C5C=C4)c3)c2)CC1. The van der Waals surface area contributed by atoms with E-state index in [0.29, 0.717) is 22.8 Å². The van der Waals surface area contributed by atoms with Gasteiger partial charge in [0.1, 0.15) is 23.4 Å². The molecule has 2 amide bonds. The summed E-state index contributed by atoms with van der Waals surface area (Å²) in [7, 11) is 0. The highest BCUT2D eigenvalue weighted by Crippen LogP contribution is 2.47. The normalized spacial score (nSPS) is 18.1. The molecule has 13 heteroatoms. The third kappa shape index (κ3) is 5.94. The molecule has 1 saturated carbocycles. The molecule has 2 N–H and O–H groups in total. The number of amidine groups is 1. The number of benzene rings is 2. The predicted octanol–water partition coefficient (Wildman–Crippen LogP) is 4.64. The molecule has 1 aliphatic carbocycles. The van der Waals surface area contributed by atoms with E-state index in [0.717, 1.165) is 36.7 Å². The molecule has 1 atom stereocenters. The molecule has 2 aliphatic heterocycles. The molecular weight excluding hydrogens is 563 g/mol. The van der Waals surface area contributed by atoms with Gasteiger partial charge in [-0.25, -0.2) is 10.0 Å². The Bertz CT molecular complexity index is 1740. The van der Waals surface area contributed by atoms with Gasteiger partial charge in [-0.15, -0.1) is 5.10 Å². The van der Waals surface area contributed by atoms with Gasteiger partial charge in [-0.05, 0) is 60.9 Å². The van der Waals surface area contributed by atoms with Crippen LogP contribution in [0.5, 0.6) is 5.75 Å². The number of halogens is 3. The molecule has 0 bridgehead atoms. The smallest absolute Gasteiger partial charge is 0.433 e. The maximum atomic E-state index is 12.9. The van der Waals surface area contributed by atoms with Gasteiger partial charge in [-0.1, -0.05) is 18.2 Å². The van der Waals surface area contributed by atoms with E-state index in [1.807, 2.05) is 6.07 Å². The molecular formula is C30H22F3N7O3. The lowest BCUT2D eigenvalue weighted by Gasteiger charge is -2.18. The first-order chi connectivity index (χ1) is 20.6. The van der Waals surface area contributed by atoms with E-state index in [4.69, 9.17) is 4.74 Å². The van der Waals surface area contributed by atoms with Crippen LogP contribution in [0.3, 0.4) is 0 Å². The molecule has 6 rings (SSSR count). The number of fused-ring (bicyclic) bond motifs is 1. The van der Waals surface area contributed by atoms with Crippen LogP contribution in [-0.4, -0.2) is 46.3 Å². The Morgan fingerprint density at radius 3 is 2.56 bits per heavy atom. The number of carbonyl (C=O) groups is 2. The van der Waals surface area contributed by atoms with Gasteiger partial charge >= 0.3 is 6.18 Å². The second kappa shape index (κ2) is 10.7. The number of aliphatic imine (C=N–C) groups is 1. The summed E-state index contributed by atoms with van der Waals surface area (Å²) in [6, 6.07) is 18.0. The quantitative estimate of drug-likeness (QED) is 0.433. The Labute approximate surface area is 243 Å². The second-order valence-electron chi connectivity index (χ2n) is 10.1. The van der Waals surface area contributed by atoms with Crippen molar-refractivity contribution < 1.29 is 27.5 Å². The van der Waals surface area contributed by atoms with E-state index in [9.17, 15) is 28.0 Å². The molecule has 10 nitrogen and oxygen atoms in total. The minimum Gasteiger partial charge on any atom is -0.438 e. The zero-order chi connectivity index (χ0) is 30.2. The van der Waals surface area contributed by atoms with E-state index >= 15 is 0 Å². The summed E-state index contributed by atoms with van der Waals surface area (Å²) >= 11 is 0. The van der Waals surface area contributed by atoms with Crippen molar-refractivity contribution in [1.29, 1.82) is 5.26 Å². The van der Waals surface area contributed by atoms with Crippen molar-refractivity contribution in [2.45, 2.75) is 30.6 Å². The topological polar surface area (TPSA) is 132 Å². The predicted molar refractivity (Wildman–Crippen MR) is 149 cm³/mol. The molecule has 1 unspecified atom stereocenters. The van der Waals surface area contributed by atoms with Crippen LogP contribution in [0.15, 0.2) is 89.1 Å². The number of amides is 2. The van der Waals surface area contributed by atoms with Gasteiger partial charge in [0.2, 0.25) is 5.90 Å². The molecule has 1 aromatic heterocycles. The van der Waals surface area contributed by atoms with Gasteiger partial charge in [0.05, 0.1) is 23.6 Å². The minimum absolute atomic E-state index is 0.0326. The summed E-state index contributed by atoms with van der Waals surface area (Å²) in [4.78, 5) is 33.1. The molecule has 216 valence electrons. The number of pyridine rings is 1. The first-order valence-electron chi connectivity index (χ1n) is 13.2. The Morgan fingerprint density at radius 1 is 1.02 bits per heavy atom. The highest BCUT2D eigenvalue weighted by molar-refractivity contribution is 6.06. The van der Waals surface area contributed by atoms with E-state index in [1.54, 1.807) is 54.6 Å². The third-order valence-electron chi connectivity index (χ3n) is 7.06. The Balaban J connectivity index is 1.06. The number of alkyl halides is 3. The van der Waals surface area contributed by atoms with Gasteiger partial charge in [0.15, 0.2) is 0 Å². The summed E-state index contributed by atoms with van der Waals surface area (Å²) < 4.78 is 44.1. The molecule has 1 fully saturated rings. The number of nitrogens with one attached hydrogen (secondary N) is 2. The Hall–Kier alpha value is -5.51. The number of carbonyl (C=O) groups excluding carboxylic acids is 2. The maximum absolute atomic E-state index is 12.9. The van der Waals surface area contributed by atoms with Gasteiger partial charge in [0, 0.05) is 29.6 Å². The maximum Gasteiger partial charge on any atom is 0.433 e.